The third kappa shape index (κ3) is 3.43. The second kappa shape index (κ2) is 6.45. The van der Waals surface area contributed by atoms with Crippen molar-refractivity contribution in [3.8, 4) is 0 Å². The van der Waals surface area contributed by atoms with Crippen molar-refractivity contribution in [1.82, 2.24) is 4.90 Å². The van der Waals surface area contributed by atoms with E-state index in [1.54, 1.807) is 11.3 Å². The van der Waals surface area contributed by atoms with Crippen molar-refractivity contribution >= 4 is 33.2 Å². The molecule has 0 unspecified atom stereocenters. The minimum absolute atomic E-state index is 0.269. The fourth-order valence-electron chi connectivity index (χ4n) is 1.77. The van der Waals surface area contributed by atoms with Crippen LogP contribution in [0.25, 0.3) is 0 Å². The van der Waals surface area contributed by atoms with Crippen LogP contribution in [0.2, 0.25) is 0 Å². The molecule has 0 atom stereocenters. The lowest BCUT2D eigenvalue weighted by Crippen LogP contribution is -2.30. The first kappa shape index (κ1) is 15.1. The molecule has 1 heterocycles. The van der Waals surface area contributed by atoms with Gasteiger partial charge in [-0.2, -0.15) is 0 Å². The van der Waals surface area contributed by atoms with Crippen LogP contribution in [0.4, 0.5) is 8.78 Å². The Morgan fingerprint density at radius 3 is 2.55 bits per heavy atom. The molecule has 0 radical (unpaired) electrons. The zero-order valence-electron chi connectivity index (χ0n) is 10.7. The van der Waals surface area contributed by atoms with Gasteiger partial charge < -0.3 is 4.90 Å². The average Bonchev–Trinajstić information content (AvgIpc) is 2.87. The number of thiophene rings is 1. The van der Waals surface area contributed by atoms with Crippen LogP contribution in [-0.2, 0) is 6.42 Å². The molecule has 0 fully saturated rings. The molecule has 2 aromatic rings. The third-order valence-corrected chi connectivity index (χ3v) is 4.24. The highest BCUT2D eigenvalue weighted by atomic mass is 79.9. The molecule has 0 aliphatic heterocycles. The van der Waals surface area contributed by atoms with E-state index < -0.39 is 23.1 Å². The van der Waals surface area contributed by atoms with Crippen LogP contribution in [0.15, 0.2) is 34.1 Å². The van der Waals surface area contributed by atoms with E-state index in [4.69, 9.17) is 0 Å². The number of likely N-dealkylation sites (N-methyl/N-ethyl adjacent to an activating group) is 1. The van der Waals surface area contributed by atoms with E-state index in [1.165, 1.54) is 11.9 Å². The molecule has 2 rings (SSSR count). The molecule has 0 aliphatic carbocycles. The van der Waals surface area contributed by atoms with E-state index in [2.05, 4.69) is 15.9 Å². The van der Waals surface area contributed by atoms with Gasteiger partial charge in [0.15, 0.2) is 0 Å². The summed E-state index contributed by atoms with van der Waals surface area (Å²) in [5.41, 5.74) is -0.512. The number of nitrogens with zero attached hydrogens (tertiary/aromatic N) is 1. The molecule has 6 heteroatoms. The van der Waals surface area contributed by atoms with Crippen molar-refractivity contribution in [2.75, 3.05) is 13.6 Å². The Bertz CT molecular complexity index is 593. The zero-order chi connectivity index (χ0) is 14.7. The largest absolute Gasteiger partial charge is 0.341 e. The predicted molar refractivity (Wildman–Crippen MR) is 79.0 cm³/mol. The van der Waals surface area contributed by atoms with Crippen LogP contribution in [0, 0.1) is 11.6 Å². The van der Waals surface area contributed by atoms with Crippen LogP contribution in [0.5, 0.6) is 0 Å². The topological polar surface area (TPSA) is 20.3 Å². The summed E-state index contributed by atoms with van der Waals surface area (Å²) in [6.45, 7) is 0.411. The monoisotopic (exact) mass is 359 g/mol. The van der Waals surface area contributed by atoms with Gasteiger partial charge >= 0.3 is 0 Å². The first-order valence-corrected chi connectivity index (χ1v) is 7.58. The minimum atomic E-state index is -0.857. The molecular formula is C14H12BrF2NOS. The highest BCUT2D eigenvalue weighted by Gasteiger charge is 2.21. The van der Waals surface area contributed by atoms with Gasteiger partial charge in [0.1, 0.15) is 17.2 Å². The normalized spacial score (nSPS) is 10.6. The van der Waals surface area contributed by atoms with Crippen LogP contribution in [-0.4, -0.2) is 24.4 Å². The summed E-state index contributed by atoms with van der Waals surface area (Å²) in [6.07, 6.45) is 0.666. The summed E-state index contributed by atoms with van der Waals surface area (Å²) in [5.74, 6) is -2.36. The van der Waals surface area contributed by atoms with Crippen LogP contribution in [0.3, 0.4) is 0 Å². The number of halogens is 3. The maximum Gasteiger partial charge on any atom is 0.259 e. The van der Waals surface area contributed by atoms with Gasteiger partial charge in [-0.25, -0.2) is 8.78 Å². The lowest BCUT2D eigenvalue weighted by atomic mass is 10.1. The molecule has 1 amide bonds. The van der Waals surface area contributed by atoms with E-state index >= 15 is 0 Å². The van der Waals surface area contributed by atoms with Crippen LogP contribution >= 0.6 is 27.3 Å². The second-order valence-corrected chi connectivity index (χ2v) is 6.25. The Labute approximate surface area is 128 Å². The summed E-state index contributed by atoms with van der Waals surface area (Å²) in [4.78, 5) is 14.5. The number of hydrogen-bond donors (Lipinski definition) is 0. The molecular weight excluding hydrogens is 348 g/mol. The number of amides is 1. The highest BCUT2D eigenvalue weighted by molar-refractivity contribution is 9.10. The minimum Gasteiger partial charge on any atom is -0.341 e. The summed E-state index contributed by atoms with van der Waals surface area (Å²) < 4.78 is 27.7. The Hall–Kier alpha value is -1.27. The number of rotatable bonds is 4. The summed E-state index contributed by atoms with van der Waals surface area (Å²) in [5, 5.41) is 1.95. The van der Waals surface area contributed by atoms with Crippen molar-refractivity contribution in [2.45, 2.75) is 6.42 Å². The second-order valence-electron chi connectivity index (χ2n) is 4.30. The highest BCUT2D eigenvalue weighted by Crippen LogP contribution is 2.21. The lowest BCUT2D eigenvalue weighted by Gasteiger charge is -2.17. The molecule has 0 aliphatic rings. The summed E-state index contributed by atoms with van der Waals surface area (Å²) in [6, 6.07) is 6.06. The fraction of sp³-hybridized carbons (Fsp3) is 0.214. The van der Waals surface area contributed by atoms with Gasteiger partial charge in [0.05, 0.1) is 0 Å². The molecule has 0 saturated carbocycles. The van der Waals surface area contributed by atoms with Crippen molar-refractivity contribution in [2.24, 2.45) is 0 Å². The Kier molecular flexibility index (Phi) is 4.88. The van der Waals surface area contributed by atoms with Gasteiger partial charge in [0.25, 0.3) is 5.91 Å². The number of hydrogen-bond acceptors (Lipinski definition) is 2. The van der Waals surface area contributed by atoms with E-state index in [0.29, 0.717) is 13.0 Å². The van der Waals surface area contributed by atoms with E-state index in [-0.39, 0.29) is 4.47 Å². The molecule has 0 N–H and O–H groups in total. The van der Waals surface area contributed by atoms with Crippen molar-refractivity contribution < 1.29 is 13.6 Å². The van der Waals surface area contributed by atoms with Gasteiger partial charge in [-0.05, 0) is 30.0 Å². The first-order chi connectivity index (χ1) is 9.49. The molecule has 106 valence electrons. The maximum atomic E-state index is 13.7. The van der Waals surface area contributed by atoms with Crippen LogP contribution < -0.4 is 0 Å². The van der Waals surface area contributed by atoms with Gasteiger partial charge in [0.2, 0.25) is 0 Å². The van der Waals surface area contributed by atoms with Gasteiger partial charge in [-0.1, -0.05) is 22.0 Å². The fourth-order valence-corrected chi connectivity index (χ4v) is 2.87. The molecule has 0 bridgehead atoms. The number of carbonyl (C=O) groups is 1. The SMILES string of the molecule is CN(CCc1cccs1)C(=O)c1c(F)cc(Br)cc1F. The molecule has 0 spiro atoms. The third-order valence-electron chi connectivity index (χ3n) is 2.84. The number of carbonyl (C=O) groups excluding carboxylic acids is 1. The van der Waals surface area contributed by atoms with Gasteiger partial charge in [-0.15, -0.1) is 11.3 Å². The van der Waals surface area contributed by atoms with E-state index in [1.807, 2.05) is 17.5 Å². The Morgan fingerprint density at radius 2 is 2.00 bits per heavy atom. The standard InChI is InChI=1S/C14H12BrF2NOS/c1-18(5-4-10-3-2-6-20-10)14(19)13-11(16)7-9(15)8-12(13)17/h2-3,6-8H,4-5H2,1H3. The molecule has 20 heavy (non-hydrogen) atoms. The maximum absolute atomic E-state index is 13.7. The van der Waals surface area contributed by atoms with Crippen molar-refractivity contribution in [1.29, 1.82) is 0 Å². The first-order valence-electron chi connectivity index (χ1n) is 5.91. The van der Waals surface area contributed by atoms with Crippen molar-refractivity contribution in [3.05, 3.63) is 56.2 Å². The van der Waals surface area contributed by atoms with E-state index in [0.717, 1.165) is 17.0 Å². The smallest absolute Gasteiger partial charge is 0.259 e. The molecule has 1 aromatic heterocycles. The predicted octanol–water partition coefficient (Wildman–Crippen LogP) is 4.10. The Morgan fingerprint density at radius 1 is 1.35 bits per heavy atom. The van der Waals surface area contributed by atoms with E-state index in [9.17, 15) is 13.6 Å². The van der Waals surface area contributed by atoms with Gasteiger partial charge in [-0.3, -0.25) is 4.79 Å². The zero-order valence-corrected chi connectivity index (χ0v) is 13.1. The number of benzene rings is 1. The Balaban J connectivity index is 2.10. The summed E-state index contributed by atoms with van der Waals surface area (Å²) in [7, 11) is 1.54. The molecule has 1 aromatic carbocycles. The average molecular weight is 360 g/mol. The van der Waals surface area contributed by atoms with Gasteiger partial charge in [0, 0.05) is 22.9 Å². The summed E-state index contributed by atoms with van der Waals surface area (Å²) >= 11 is 4.58. The van der Waals surface area contributed by atoms with Crippen molar-refractivity contribution in [3.63, 3.8) is 0 Å². The molecule has 0 saturated heterocycles. The molecule has 2 nitrogen and oxygen atoms in total. The van der Waals surface area contributed by atoms with Crippen LogP contribution in [0.1, 0.15) is 15.2 Å². The quantitative estimate of drug-likeness (QED) is 0.804. The lowest BCUT2D eigenvalue weighted by molar-refractivity contribution is 0.0787.